The van der Waals surface area contributed by atoms with E-state index in [0.717, 1.165) is 16.9 Å². The molecule has 3 amide bonds. The number of benzene rings is 2. The van der Waals surface area contributed by atoms with Crippen molar-refractivity contribution in [3.8, 4) is 11.5 Å². The smallest absolute Gasteiger partial charge is 0.263 e. The second kappa shape index (κ2) is 8.66. The average molecular weight is 437 g/mol. The first-order valence-electron chi connectivity index (χ1n) is 10.1. The van der Waals surface area contributed by atoms with Gasteiger partial charge in [-0.3, -0.25) is 19.4 Å². The van der Waals surface area contributed by atoms with Gasteiger partial charge in [0.25, 0.3) is 11.8 Å². The Morgan fingerprint density at radius 2 is 1.81 bits per heavy atom. The number of ether oxygens (including phenoxy) is 2. The van der Waals surface area contributed by atoms with E-state index in [1.165, 1.54) is 19.2 Å². The summed E-state index contributed by atoms with van der Waals surface area (Å²) in [6.07, 6.45) is 0.851. The van der Waals surface area contributed by atoms with Crippen LogP contribution in [-0.2, 0) is 20.8 Å². The molecule has 2 atom stereocenters. The number of amides is 3. The summed E-state index contributed by atoms with van der Waals surface area (Å²) in [5.41, 5.74) is 2.02. The van der Waals surface area contributed by atoms with E-state index in [1.807, 2.05) is 19.1 Å². The summed E-state index contributed by atoms with van der Waals surface area (Å²) in [7, 11) is 3.01. The molecule has 32 heavy (non-hydrogen) atoms. The Bertz CT molecular complexity index is 1080. The fourth-order valence-electron chi connectivity index (χ4n) is 3.73. The normalized spacial score (nSPS) is 19.3. The number of nitrogens with one attached hydrogen (secondary N) is 1. The maximum absolute atomic E-state index is 13.1. The largest absolute Gasteiger partial charge is 0.497 e. The monoisotopic (exact) mass is 437 g/mol. The quantitative estimate of drug-likeness (QED) is 0.665. The van der Waals surface area contributed by atoms with Crippen molar-refractivity contribution >= 4 is 29.1 Å². The van der Waals surface area contributed by atoms with Gasteiger partial charge in [-0.2, -0.15) is 5.11 Å². The highest BCUT2D eigenvalue weighted by atomic mass is 16.5. The first kappa shape index (κ1) is 21.3. The first-order chi connectivity index (χ1) is 15.5. The topological polar surface area (TPSA) is 113 Å². The molecule has 4 rings (SSSR count). The van der Waals surface area contributed by atoms with Crippen LogP contribution >= 0.6 is 0 Å². The van der Waals surface area contributed by atoms with Crippen molar-refractivity contribution < 1.29 is 23.9 Å². The second-order valence-electron chi connectivity index (χ2n) is 7.34. The van der Waals surface area contributed by atoms with Gasteiger partial charge in [-0.05, 0) is 36.2 Å². The van der Waals surface area contributed by atoms with Crippen LogP contribution in [0.4, 0.5) is 11.4 Å². The van der Waals surface area contributed by atoms with E-state index >= 15 is 0 Å². The number of hydrogen-bond acceptors (Lipinski definition) is 8. The second-order valence-corrected chi connectivity index (χ2v) is 7.34. The fourth-order valence-corrected chi connectivity index (χ4v) is 3.73. The lowest BCUT2D eigenvalue weighted by molar-refractivity contribution is -0.123. The molecule has 2 aliphatic rings. The molecule has 0 aliphatic carbocycles. The molecular weight excluding hydrogens is 414 g/mol. The van der Waals surface area contributed by atoms with E-state index in [4.69, 9.17) is 9.47 Å². The number of carbonyl (C=O) groups is 3. The fraction of sp³-hybridized carbons (Fsp3) is 0.318. The number of methoxy groups -OCH3 is 2. The molecule has 0 unspecified atom stereocenters. The highest BCUT2D eigenvalue weighted by Gasteiger charge is 2.55. The lowest BCUT2D eigenvalue weighted by atomic mass is 10.1. The van der Waals surface area contributed by atoms with Crippen molar-refractivity contribution in [2.75, 3.05) is 31.0 Å². The zero-order chi connectivity index (χ0) is 22.8. The zero-order valence-electron chi connectivity index (χ0n) is 17.9. The zero-order valence-corrected chi connectivity index (χ0v) is 17.9. The number of aryl methyl sites for hydroxylation is 1. The third kappa shape index (κ3) is 3.75. The number of anilines is 2. The SMILES string of the molecule is CCc1ccc(N2C(=O)[C@H]3N=NN(CC(=O)Nc4ccc(OC)cc4OC)[C@H]3C2=O)cc1. The number of fused-ring (bicyclic) bond motifs is 1. The lowest BCUT2D eigenvalue weighted by Gasteiger charge is -2.20. The third-order valence-electron chi connectivity index (χ3n) is 5.45. The minimum atomic E-state index is -0.961. The molecule has 166 valence electrons. The van der Waals surface area contributed by atoms with Crippen LogP contribution in [-0.4, -0.2) is 55.6 Å². The third-order valence-corrected chi connectivity index (χ3v) is 5.45. The van der Waals surface area contributed by atoms with Crippen molar-refractivity contribution in [3.63, 3.8) is 0 Å². The highest BCUT2D eigenvalue weighted by molar-refractivity contribution is 6.25. The molecular formula is C22H23N5O5. The molecule has 10 nitrogen and oxygen atoms in total. The number of nitrogens with zero attached hydrogens (tertiary/aromatic N) is 4. The van der Waals surface area contributed by atoms with Crippen molar-refractivity contribution in [1.29, 1.82) is 0 Å². The standard InChI is InChI=1S/C22H23N5O5/c1-4-13-5-7-14(8-6-13)27-21(29)19-20(22(27)30)26(25-24-19)12-18(28)23-16-10-9-15(31-2)11-17(16)32-3/h5-11,19-20H,4,12H2,1-3H3,(H,23,28)/t19-,20+/m0/s1. The van der Waals surface area contributed by atoms with Crippen LogP contribution in [0.3, 0.4) is 0 Å². The van der Waals surface area contributed by atoms with Crippen LogP contribution in [0, 0.1) is 0 Å². The molecule has 0 radical (unpaired) electrons. The maximum atomic E-state index is 13.1. The van der Waals surface area contributed by atoms with Gasteiger partial charge in [-0.15, -0.1) is 0 Å². The molecule has 0 bridgehead atoms. The summed E-state index contributed by atoms with van der Waals surface area (Å²) in [5.74, 6) is -0.332. The number of rotatable bonds is 7. The first-order valence-corrected chi connectivity index (χ1v) is 10.1. The van der Waals surface area contributed by atoms with E-state index in [-0.39, 0.29) is 6.54 Å². The Morgan fingerprint density at radius 3 is 2.47 bits per heavy atom. The van der Waals surface area contributed by atoms with Gasteiger partial charge in [0.2, 0.25) is 5.91 Å². The van der Waals surface area contributed by atoms with Gasteiger partial charge in [0.05, 0.1) is 25.6 Å². The van der Waals surface area contributed by atoms with E-state index in [9.17, 15) is 14.4 Å². The Balaban J connectivity index is 1.47. The van der Waals surface area contributed by atoms with Gasteiger partial charge in [-0.1, -0.05) is 24.3 Å². The van der Waals surface area contributed by atoms with E-state index in [1.54, 1.807) is 30.3 Å². The van der Waals surface area contributed by atoms with Crippen LogP contribution in [0.1, 0.15) is 12.5 Å². The Kier molecular flexibility index (Phi) is 5.76. The van der Waals surface area contributed by atoms with Crippen LogP contribution in [0.25, 0.3) is 0 Å². The molecule has 1 saturated heterocycles. The van der Waals surface area contributed by atoms with Gasteiger partial charge < -0.3 is 14.8 Å². The molecule has 2 aliphatic heterocycles. The predicted molar refractivity (Wildman–Crippen MR) is 116 cm³/mol. The predicted octanol–water partition coefficient (Wildman–Crippen LogP) is 2.20. The van der Waals surface area contributed by atoms with Crippen molar-refractivity contribution in [1.82, 2.24) is 5.01 Å². The average Bonchev–Trinajstić information content (AvgIpc) is 3.33. The van der Waals surface area contributed by atoms with Crippen LogP contribution in [0.2, 0.25) is 0 Å². The van der Waals surface area contributed by atoms with Crippen molar-refractivity contribution in [2.45, 2.75) is 25.4 Å². The summed E-state index contributed by atoms with van der Waals surface area (Å²) in [6.45, 7) is 1.78. The lowest BCUT2D eigenvalue weighted by Crippen LogP contribution is -2.43. The maximum Gasteiger partial charge on any atom is 0.263 e. The Hall–Kier alpha value is -3.95. The van der Waals surface area contributed by atoms with Crippen molar-refractivity contribution in [3.05, 3.63) is 48.0 Å². The van der Waals surface area contributed by atoms with Gasteiger partial charge >= 0.3 is 0 Å². The number of imide groups is 1. The molecule has 1 fully saturated rings. The van der Waals surface area contributed by atoms with Crippen molar-refractivity contribution in [2.24, 2.45) is 10.3 Å². The molecule has 1 N–H and O–H groups in total. The highest BCUT2D eigenvalue weighted by Crippen LogP contribution is 2.32. The molecule has 0 spiro atoms. The van der Waals surface area contributed by atoms with E-state index < -0.39 is 29.8 Å². The number of hydrogen-bond donors (Lipinski definition) is 1. The molecule has 2 aromatic rings. The Labute approximate surface area is 184 Å². The minimum absolute atomic E-state index is 0.249. The van der Waals surface area contributed by atoms with Crippen LogP contribution in [0.5, 0.6) is 11.5 Å². The molecule has 2 heterocycles. The van der Waals surface area contributed by atoms with Gasteiger partial charge in [0.1, 0.15) is 18.0 Å². The summed E-state index contributed by atoms with van der Waals surface area (Å²) in [6, 6.07) is 10.3. The van der Waals surface area contributed by atoms with Gasteiger partial charge in [-0.25, -0.2) is 4.90 Å². The van der Waals surface area contributed by atoms with Crippen LogP contribution in [0.15, 0.2) is 52.8 Å². The summed E-state index contributed by atoms with van der Waals surface area (Å²) >= 11 is 0. The molecule has 0 saturated carbocycles. The van der Waals surface area contributed by atoms with Gasteiger partial charge in [0, 0.05) is 6.07 Å². The number of carbonyl (C=O) groups excluding carboxylic acids is 3. The summed E-state index contributed by atoms with van der Waals surface area (Å²) in [5, 5.41) is 11.8. The molecule has 0 aromatic heterocycles. The van der Waals surface area contributed by atoms with E-state index in [2.05, 4.69) is 15.7 Å². The molecule has 2 aromatic carbocycles. The van der Waals surface area contributed by atoms with Crippen LogP contribution < -0.4 is 19.7 Å². The summed E-state index contributed by atoms with van der Waals surface area (Å²) in [4.78, 5) is 39.6. The minimum Gasteiger partial charge on any atom is -0.497 e. The summed E-state index contributed by atoms with van der Waals surface area (Å²) < 4.78 is 10.4. The Morgan fingerprint density at radius 1 is 1.06 bits per heavy atom. The molecule has 10 heteroatoms. The van der Waals surface area contributed by atoms with E-state index in [0.29, 0.717) is 22.9 Å². The van der Waals surface area contributed by atoms with Gasteiger partial charge in [0.15, 0.2) is 12.1 Å².